The van der Waals surface area contributed by atoms with Gasteiger partial charge in [0, 0.05) is 19.8 Å². The van der Waals surface area contributed by atoms with E-state index in [0.717, 1.165) is 0 Å². The fourth-order valence-electron chi connectivity index (χ4n) is 1.75. The van der Waals surface area contributed by atoms with Crippen molar-refractivity contribution in [2.24, 2.45) is 5.92 Å². The van der Waals surface area contributed by atoms with Crippen LogP contribution in [-0.2, 0) is 9.53 Å². The van der Waals surface area contributed by atoms with Gasteiger partial charge in [-0.15, -0.1) is 0 Å². The predicted octanol–water partition coefficient (Wildman–Crippen LogP) is 1.52. The van der Waals surface area contributed by atoms with Crippen LogP contribution in [0.1, 0.15) is 17.3 Å². The van der Waals surface area contributed by atoms with E-state index in [-0.39, 0.29) is 17.3 Å². The number of methoxy groups -OCH3 is 1. The molecule has 0 saturated carbocycles. The molecule has 0 aliphatic heterocycles. The fourth-order valence-corrected chi connectivity index (χ4v) is 1.98. The molecule has 114 valence electrons. The van der Waals surface area contributed by atoms with Gasteiger partial charge in [0.25, 0.3) is 5.91 Å². The summed E-state index contributed by atoms with van der Waals surface area (Å²) in [7, 11) is 2.67. The van der Waals surface area contributed by atoms with Gasteiger partial charge in [0.2, 0.25) is 5.15 Å². The van der Waals surface area contributed by atoms with E-state index in [1.54, 1.807) is 6.92 Å². The fraction of sp³-hybridized carbons (Fsp3) is 0.417. The third-order valence-corrected chi connectivity index (χ3v) is 3.07. The number of nitro groups is 1. The smallest absolute Gasteiger partial charge is 0.319 e. The summed E-state index contributed by atoms with van der Waals surface area (Å²) in [5.74, 6) is -1.65. The second-order valence-corrected chi connectivity index (χ2v) is 4.72. The quantitative estimate of drug-likeness (QED) is 0.353. The third-order valence-electron chi connectivity index (χ3n) is 2.79. The van der Waals surface area contributed by atoms with Crippen molar-refractivity contribution in [2.75, 3.05) is 20.7 Å². The summed E-state index contributed by atoms with van der Waals surface area (Å²) in [5.41, 5.74) is -0.735. The molecule has 1 amide bonds. The maximum absolute atomic E-state index is 12.3. The zero-order chi connectivity index (χ0) is 16.2. The normalized spacial score (nSPS) is 11.6. The first-order valence-corrected chi connectivity index (χ1v) is 6.29. The Bertz CT molecular complexity index is 578. The third kappa shape index (κ3) is 3.88. The van der Waals surface area contributed by atoms with Crippen molar-refractivity contribution >= 4 is 29.2 Å². The van der Waals surface area contributed by atoms with Gasteiger partial charge in [0.05, 0.1) is 18.0 Å². The molecule has 0 saturated heterocycles. The van der Waals surface area contributed by atoms with Crippen LogP contribution in [0, 0.1) is 16.0 Å². The van der Waals surface area contributed by atoms with Crippen molar-refractivity contribution in [3.05, 3.63) is 33.1 Å². The lowest BCUT2D eigenvalue weighted by Gasteiger charge is -2.20. The van der Waals surface area contributed by atoms with Crippen LogP contribution in [0.2, 0.25) is 5.15 Å². The van der Waals surface area contributed by atoms with E-state index in [0.29, 0.717) is 0 Å². The minimum absolute atomic E-state index is 0.0581. The molecule has 0 aliphatic rings. The molecule has 0 bridgehead atoms. The van der Waals surface area contributed by atoms with Crippen molar-refractivity contribution in [3.8, 4) is 0 Å². The molecular weight excluding hydrogens is 302 g/mol. The van der Waals surface area contributed by atoms with E-state index >= 15 is 0 Å². The number of carbonyl (C=O) groups excluding carboxylic acids is 2. The summed E-state index contributed by atoms with van der Waals surface area (Å²) in [4.78, 5) is 38.6. The molecule has 0 spiro atoms. The van der Waals surface area contributed by atoms with Crippen LogP contribution in [0.15, 0.2) is 12.3 Å². The van der Waals surface area contributed by atoms with E-state index in [9.17, 15) is 19.7 Å². The number of aromatic nitrogens is 1. The molecule has 1 aromatic heterocycles. The van der Waals surface area contributed by atoms with Gasteiger partial charge in [-0.05, 0) is 6.07 Å². The zero-order valence-electron chi connectivity index (χ0n) is 11.7. The predicted molar refractivity (Wildman–Crippen MR) is 74.0 cm³/mol. The molecule has 1 aromatic rings. The van der Waals surface area contributed by atoms with Gasteiger partial charge in [-0.2, -0.15) is 0 Å². The van der Waals surface area contributed by atoms with Gasteiger partial charge in [0.1, 0.15) is 5.56 Å². The summed E-state index contributed by atoms with van der Waals surface area (Å²) < 4.78 is 4.56. The maximum atomic E-state index is 12.3. The van der Waals surface area contributed by atoms with Crippen LogP contribution >= 0.6 is 11.6 Å². The second-order valence-electron chi connectivity index (χ2n) is 4.36. The zero-order valence-corrected chi connectivity index (χ0v) is 12.5. The highest BCUT2D eigenvalue weighted by Gasteiger charge is 2.28. The molecule has 9 heteroatoms. The molecule has 0 aromatic carbocycles. The van der Waals surface area contributed by atoms with Gasteiger partial charge >= 0.3 is 11.7 Å². The highest BCUT2D eigenvalue weighted by atomic mass is 35.5. The minimum Gasteiger partial charge on any atom is -0.469 e. The molecule has 8 nitrogen and oxygen atoms in total. The van der Waals surface area contributed by atoms with Crippen molar-refractivity contribution in [3.63, 3.8) is 0 Å². The Balaban J connectivity index is 3.01. The largest absolute Gasteiger partial charge is 0.469 e. The van der Waals surface area contributed by atoms with Crippen LogP contribution in [0.25, 0.3) is 0 Å². The monoisotopic (exact) mass is 315 g/mol. The Labute approximate surface area is 125 Å². The summed E-state index contributed by atoms with van der Waals surface area (Å²) in [6.45, 7) is 1.64. The molecule has 1 rings (SSSR count). The topological polar surface area (TPSA) is 103 Å². The summed E-state index contributed by atoms with van der Waals surface area (Å²) in [6, 6.07) is 1.21. The molecule has 1 unspecified atom stereocenters. The number of rotatable bonds is 5. The summed E-state index contributed by atoms with van der Waals surface area (Å²) >= 11 is 5.65. The lowest BCUT2D eigenvalue weighted by atomic mass is 10.1. The molecule has 1 atom stereocenters. The first-order chi connectivity index (χ1) is 9.79. The molecular formula is C12H14ClN3O5. The first-order valence-electron chi connectivity index (χ1n) is 5.91. The van der Waals surface area contributed by atoms with E-state index < -0.39 is 28.4 Å². The van der Waals surface area contributed by atoms with Gasteiger partial charge < -0.3 is 9.64 Å². The van der Waals surface area contributed by atoms with Gasteiger partial charge in [-0.25, -0.2) is 4.98 Å². The number of esters is 1. The second kappa shape index (κ2) is 6.98. The Kier molecular flexibility index (Phi) is 5.60. The molecule has 0 radical (unpaired) electrons. The SMILES string of the molecule is COC(=O)C(C)CN(C)C(=O)c1ccnc(Cl)c1[N+](=O)[O-]. The number of amides is 1. The Morgan fingerprint density at radius 1 is 1.57 bits per heavy atom. The Hall–Kier alpha value is -2.22. The van der Waals surface area contributed by atoms with Gasteiger partial charge in [0.15, 0.2) is 0 Å². The molecule has 21 heavy (non-hydrogen) atoms. The number of carbonyl (C=O) groups is 2. The Morgan fingerprint density at radius 2 is 2.19 bits per heavy atom. The standard InChI is InChI=1S/C12H14ClN3O5/c1-7(12(18)21-3)6-15(2)11(17)8-4-5-14-10(13)9(8)16(19)20/h4-5,7H,6H2,1-3H3. The minimum atomic E-state index is -0.764. The molecule has 0 aliphatic carbocycles. The number of pyridine rings is 1. The van der Waals surface area contributed by atoms with Crippen molar-refractivity contribution in [1.29, 1.82) is 0 Å². The highest BCUT2D eigenvalue weighted by molar-refractivity contribution is 6.32. The molecule has 0 N–H and O–H groups in total. The summed E-state index contributed by atoms with van der Waals surface area (Å²) in [5, 5.41) is 10.6. The lowest BCUT2D eigenvalue weighted by Crippen LogP contribution is -2.34. The van der Waals surface area contributed by atoms with E-state index in [1.165, 1.54) is 31.3 Å². The maximum Gasteiger partial charge on any atom is 0.319 e. The van der Waals surface area contributed by atoms with Crippen molar-refractivity contribution < 1.29 is 19.2 Å². The number of hydrogen-bond acceptors (Lipinski definition) is 6. The number of halogens is 1. The van der Waals surface area contributed by atoms with Gasteiger partial charge in [-0.1, -0.05) is 18.5 Å². The van der Waals surface area contributed by atoms with Crippen LogP contribution in [0.3, 0.4) is 0 Å². The molecule has 0 fully saturated rings. The van der Waals surface area contributed by atoms with Gasteiger partial charge in [-0.3, -0.25) is 19.7 Å². The van der Waals surface area contributed by atoms with Crippen LogP contribution in [-0.4, -0.2) is 47.4 Å². The first kappa shape index (κ1) is 16.8. The van der Waals surface area contributed by atoms with E-state index in [4.69, 9.17) is 11.6 Å². The number of ether oxygens (including phenoxy) is 1. The average molecular weight is 316 g/mol. The molecule has 1 heterocycles. The lowest BCUT2D eigenvalue weighted by molar-refractivity contribution is -0.385. The van der Waals surface area contributed by atoms with Crippen LogP contribution in [0.5, 0.6) is 0 Å². The number of hydrogen-bond donors (Lipinski definition) is 0. The van der Waals surface area contributed by atoms with Crippen LogP contribution < -0.4 is 0 Å². The van der Waals surface area contributed by atoms with Crippen molar-refractivity contribution in [2.45, 2.75) is 6.92 Å². The summed E-state index contributed by atoms with van der Waals surface area (Å²) in [6.07, 6.45) is 1.21. The average Bonchev–Trinajstić information content (AvgIpc) is 2.44. The van der Waals surface area contributed by atoms with E-state index in [1.807, 2.05) is 0 Å². The Morgan fingerprint density at radius 3 is 2.71 bits per heavy atom. The van der Waals surface area contributed by atoms with E-state index in [2.05, 4.69) is 9.72 Å². The number of nitrogens with zero attached hydrogens (tertiary/aromatic N) is 3. The van der Waals surface area contributed by atoms with Crippen molar-refractivity contribution in [1.82, 2.24) is 9.88 Å². The van der Waals surface area contributed by atoms with Crippen LogP contribution in [0.4, 0.5) is 5.69 Å². The highest BCUT2D eigenvalue weighted by Crippen LogP contribution is 2.27.